The Hall–Kier alpha value is -2.37. The molecule has 0 radical (unpaired) electrons. The molecule has 1 aromatic rings. The van der Waals surface area contributed by atoms with Crippen LogP contribution >= 0.6 is 0 Å². The largest absolute Gasteiger partial charge is 0.454 e. The number of nitrogens with one attached hydrogen (secondary N) is 2. The van der Waals surface area contributed by atoms with E-state index in [0.717, 1.165) is 30.4 Å². The lowest BCUT2D eigenvalue weighted by Crippen LogP contribution is -2.43. The third-order valence-corrected chi connectivity index (χ3v) is 4.98. The molecule has 2 N–H and O–H groups in total. The van der Waals surface area contributed by atoms with Crippen LogP contribution in [0.3, 0.4) is 0 Å². The van der Waals surface area contributed by atoms with E-state index in [2.05, 4.69) is 17.6 Å². The van der Waals surface area contributed by atoms with E-state index in [4.69, 9.17) is 4.74 Å². The van der Waals surface area contributed by atoms with Crippen molar-refractivity contribution < 1.29 is 19.1 Å². The molecule has 1 aromatic carbocycles. The van der Waals surface area contributed by atoms with Gasteiger partial charge in [-0.3, -0.25) is 14.4 Å². The maximum Gasteiger partial charge on any atom is 0.325 e. The number of amides is 2. The van der Waals surface area contributed by atoms with Gasteiger partial charge in [0.15, 0.2) is 6.61 Å². The molecule has 6 nitrogen and oxygen atoms in total. The number of ether oxygens (including phenoxy) is 1. The van der Waals surface area contributed by atoms with E-state index in [9.17, 15) is 14.4 Å². The SMILES string of the molecule is Cc1ccc(C(=O)NCC(=O)OCC(=O)N[C@H]2CCCC[C@@H]2C)cc1C. The summed E-state index contributed by atoms with van der Waals surface area (Å²) < 4.78 is 4.94. The minimum absolute atomic E-state index is 0.152. The van der Waals surface area contributed by atoms with Crippen molar-refractivity contribution in [1.29, 1.82) is 0 Å². The minimum atomic E-state index is -0.631. The zero-order valence-corrected chi connectivity index (χ0v) is 15.8. The third kappa shape index (κ3) is 5.86. The molecule has 1 aliphatic rings. The van der Waals surface area contributed by atoms with Crippen molar-refractivity contribution in [1.82, 2.24) is 10.6 Å². The summed E-state index contributed by atoms with van der Waals surface area (Å²) in [6.07, 6.45) is 4.38. The molecule has 0 saturated heterocycles. The van der Waals surface area contributed by atoms with E-state index in [1.807, 2.05) is 19.9 Å². The van der Waals surface area contributed by atoms with Gasteiger partial charge in [-0.25, -0.2) is 0 Å². The molecule has 1 aliphatic carbocycles. The Morgan fingerprint density at radius 3 is 2.54 bits per heavy atom. The van der Waals surface area contributed by atoms with Crippen LogP contribution in [0.1, 0.15) is 54.1 Å². The predicted octanol–water partition coefficient (Wildman–Crippen LogP) is 2.27. The number of hydrogen-bond donors (Lipinski definition) is 2. The highest BCUT2D eigenvalue weighted by molar-refractivity contribution is 5.96. The highest BCUT2D eigenvalue weighted by Crippen LogP contribution is 2.23. The number of carbonyl (C=O) groups excluding carboxylic acids is 3. The zero-order chi connectivity index (χ0) is 19.1. The average Bonchev–Trinajstić information content (AvgIpc) is 2.62. The first-order chi connectivity index (χ1) is 12.4. The fourth-order valence-corrected chi connectivity index (χ4v) is 3.11. The molecule has 142 valence electrons. The summed E-state index contributed by atoms with van der Waals surface area (Å²) >= 11 is 0. The van der Waals surface area contributed by atoms with Crippen molar-refractivity contribution in [2.75, 3.05) is 13.2 Å². The van der Waals surface area contributed by atoms with Gasteiger partial charge in [0.2, 0.25) is 0 Å². The summed E-state index contributed by atoms with van der Waals surface area (Å²) in [7, 11) is 0. The molecule has 0 spiro atoms. The molecule has 6 heteroatoms. The topological polar surface area (TPSA) is 84.5 Å². The number of carbonyl (C=O) groups is 3. The van der Waals surface area contributed by atoms with Gasteiger partial charge in [-0.15, -0.1) is 0 Å². The van der Waals surface area contributed by atoms with Crippen LogP contribution in [0, 0.1) is 19.8 Å². The van der Waals surface area contributed by atoms with Crippen LogP contribution in [-0.4, -0.2) is 37.0 Å². The van der Waals surface area contributed by atoms with Gasteiger partial charge in [0.1, 0.15) is 6.54 Å². The summed E-state index contributed by atoms with van der Waals surface area (Å²) in [4.78, 5) is 35.7. The second-order valence-corrected chi connectivity index (χ2v) is 7.08. The lowest BCUT2D eigenvalue weighted by molar-refractivity contribution is -0.147. The molecular formula is C20H28N2O4. The van der Waals surface area contributed by atoms with Gasteiger partial charge < -0.3 is 15.4 Å². The van der Waals surface area contributed by atoms with Crippen molar-refractivity contribution >= 4 is 17.8 Å². The molecule has 0 aromatic heterocycles. The summed E-state index contributed by atoms with van der Waals surface area (Å²) in [5.41, 5.74) is 2.60. The van der Waals surface area contributed by atoms with Crippen molar-refractivity contribution in [3.8, 4) is 0 Å². The summed E-state index contributed by atoms with van der Waals surface area (Å²) in [6.45, 7) is 5.43. The molecule has 2 atom stereocenters. The molecule has 2 rings (SSSR count). The van der Waals surface area contributed by atoms with Crippen LogP contribution in [0.15, 0.2) is 18.2 Å². The van der Waals surface area contributed by atoms with E-state index in [-0.39, 0.29) is 31.0 Å². The Kier molecular flexibility index (Phi) is 7.18. The highest BCUT2D eigenvalue weighted by Gasteiger charge is 2.23. The van der Waals surface area contributed by atoms with Crippen molar-refractivity contribution in [2.24, 2.45) is 5.92 Å². The third-order valence-electron chi connectivity index (χ3n) is 4.98. The molecule has 2 amide bonds. The number of hydrogen-bond acceptors (Lipinski definition) is 4. The van der Waals surface area contributed by atoms with Gasteiger partial charge in [-0.1, -0.05) is 25.8 Å². The van der Waals surface area contributed by atoms with Gasteiger partial charge >= 0.3 is 5.97 Å². The van der Waals surface area contributed by atoms with Crippen LogP contribution in [0.2, 0.25) is 0 Å². The van der Waals surface area contributed by atoms with E-state index < -0.39 is 5.97 Å². The fraction of sp³-hybridized carbons (Fsp3) is 0.550. The zero-order valence-electron chi connectivity index (χ0n) is 15.8. The van der Waals surface area contributed by atoms with Crippen LogP contribution in [0.25, 0.3) is 0 Å². The van der Waals surface area contributed by atoms with Crippen molar-refractivity contribution in [3.63, 3.8) is 0 Å². The molecule has 0 bridgehead atoms. The van der Waals surface area contributed by atoms with Gasteiger partial charge in [-0.2, -0.15) is 0 Å². The average molecular weight is 360 g/mol. The number of aryl methyl sites for hydroxylation is 2. The summed E-state index contributed by atoms with van der Waals surface area (Å²) in [5.74, 6) is -0.821. The first-order valence-electron chi connectivity index (χ1n) is 9.17. The molecule has 0 unspecified atom stereocenters. The number of benzene rings is 1. The maximum absolute atomic E-state index is 12.1. The summed E-state index contributed by atoms with van der Waals surface area (Å²) in [6, 6.07) is 5.50. The standard InChI is InChI=1S/C20H28N2O4/c1-13-8-9-16(10-15(13)3)20(25)21-11-19(24)26-12-18(23)22-17-7-5-4-6-14(17)2/h8-10,14,17H,4-7,11-12H2,1-3H3,(H,21,25)(H,22,23)/t14-,17-/m0/s1. The number of rotatable bonds is 6. The molecule has 0 heterocycles. The Bertz CT molecular complexity index is 672. The Balaban J connectivity index is 1.70. The van der Waals surface area contributed by atoms with Crippen molar-refractivity contribution in [3.05, 3.63) is 34.9 Å². The smallest absolute Gasteiger partial charge is 0.325 e. The van der Waals surface area contributed by atoms with Crippen molar-refractivity contribution in [2.45, 2.75) is 52.5 Å². The van der Waals surface area contributed by atoms with Crippen LogP contribution < -0.4 is 10.6 Å². The normalized spacial score (nSPS) is 19.5. The Morgan fingerprint density at radius 2 is 1.85 bits per heavy atom. The first-order valence-corrected chi connectivity index (χ1v) is 9.17. The second-order valence-electron chi connectivity index (χ2n) is 7.08. The van der Waals surface area contributed by atoms with E-state index in [0.29, 0.717) is 11.5 Å². The summed E-state index contributed by atoms with van der Waals surface area (Å²) in [5, 5.41) is 5.44. The second kappa shape index (κ2) is 9.36. The Labute approximate surface area is 154 Å². The van der Waals surface area contributed by atoms with Crippen LogP contribution in [0.5, 0.6) is 0 Å². The maximum atomic E-state index is 12.1. The van der Waals surface area contributed by atoms with E-state index >= 15 is 0 Å². The molecule has 1 fully saturated rings. The molecule has 1 saturated carbocycles. The van der Waals surface area contributed by atoms with E-state index in [1.54, 1.807) is 12.1 Å². The monoisotopic (exact) mass is 360 g/mol. The van der Waals surface area contributed by atoms with Gasteiger partial charge in [0.25, 0.3) is 11.8 Å². The van der Waals surface area contributed by atoms with Gasteiger partial charge in [0, 0.05) is 11.6 Å². The molecule has 0 aliphatic heterocycles. The predicted molar refractivity (Wildman–Crippen MR) is 98.8 cm³/mol. The van der Waals surface area contributed by atoms with Crippen LogP contribution in [0.4, 0.5) is 0 Å². The quantitative estimate of drug-likeness (QED) is 0.762. The molecular weight excluding hydrogens is 332 g/mol. The molecule has 26 heavy (non-hydrogen) atoms. The Morgan fingerprint density at radius 1 is 1.12 bits per heavy atom. The lowest BCUT2D eigenvalue weighted by Gasteiger charge is -2.29. The highest BCUT2D eigenvalue weighted by atomic mass is 16.5. The van der Waals surface area contributed by atoms with Gasteiger partial charge in [0.05, 0.1) is 0 Å². The minimum Gasteiger partial charge on any atom is -0.454 e. The lowest BCUT2D eigenvalue weighted by atomic mass is 9.86. The fourth-order valence-electron chi connectivity index (χ4n) is 3.11. The van der Waals surface area contributed by atoms with Crippen LogP contribution in [-0.2, 0) is 14.3 Å². The van der Waals surface area contributed by atoms with Gasteiger partial charge in [-0.05, 0) is 55.9 Å². The first kappa shape index (κ1) is 19.9. The number of esters is 1. The van der Waals surface area contributed by atoms with E-state index in [1.165, 1.54) is 6.42 Å².